The van der Waals surface area contributed by atoms with Gasteiger partial charge in [0, 0.05) is 6.54 Å². The Morgan fingerprint density at radius 1 is 1.36 bits per heavy atom. The molecule has 0 N–H and O–H groups in total. The van der Waals surface area contributed by atoms with E-state index < -0.39 is 0 Å². The maximum absolute atomic E-state index is 10.1. The highest BCUT2D eigenvalue weighted by Crippen LogP contribution is 2.28. The summed E-state index contributed by atoms with van der Waals surface area (Å²) in [6.07, 6.45) is 2.60. The maximum Gasteiger partial charge on any atom is 0.293 e. The Balaban J connectivity index is 1.97. The molecule has 0 aromatic heterocycles. The van der Waals surface area contributed by atoms with E-state index >= 15 is 0 Å². The first kappa shape index (κ1) is 7.10. The van der Waals surface area contributed by atoms with Gasteiger partial charge >= 0.3 is 0 Å². The summed E-state index contributed by atoms with van der Waals surface area (Å²) < 4.78 is 4.99. The second-order valence-electron chi connectivity index (χ2n) is 3.41. The lowest BCUT2D eigenvalue weighted by molar-refractivity contribution is -0.143. The van der Waals surface area contributed by atoms with Crippen molar-refractivity contribution in [3.05, 3.63) is 0 Å². The minimum Gasteiger partial charge on any atom is -0.463 e. The molecule has 0 aromatic carbocycles. The number of carbonyl (C=O) groups is 1. The van der Waals surface area contributed by atoms with Gasteiger partial charge in [0.2, 0.25) is 0 Å². The predicted molar refractivity (Wildman–Crippen MR) is 40.1 cm³/mol. The molecule has 0 aliphatic carbocycles. The molecule has 0 spiro atoms. The van der Waals surface area contributed by atoms with Gasteiger partial charge in [-0.25, -0.2) is 0 Å². The Morgan fingerprint density at radius 3 is 2.55 bits per heavy atom. The summed E-state index contributed by atoms with van der Waals surface area (Å²) in [5.41, 5.74) is 0. The van der Waals surface area contributed by atoms with E-state index in [1.807, 2.05) is 0 Å². The zero-order valence-electron chi connectivity index (χ0n) is 6.53. The average Bonchev–Trinajstić information content (AvgIpc) is 2.07. The number of hydrogen-bond acceptors (Lipinski definition) is 3. The summed E-state index contributed by atoms with van der Waals surface area (Å²) in [6.45, 7) is 3.95. The maximum atomic E-state index is 10.1. The van der Waals surface area contributed by atoms with Crippen LogP contribution in [-0.4, -0.2) is 37.1 Å². The van der Waals surface area contributed by atoms with Crippen molar-refractivity contribution in [2.75, 3.05) is 19.6 Å². The van der Waals surface area contributed by atoms with Crippen molar-refractivity contribution in [2.45, 2.75) is 18.9 Å². The second-order valence-corrected chi connectivity index (χ2v) is 3.41. The van der Waals surface area contributed by atoms with Gasteiger partial charge in [0.1, 0.15) is 6.10 Å². The molecule has 3 aliphatic heterocycles. The van der Waals surface area contributed by atoms with Gasteiger partial charge in [-0.05, 0) is 31.8 Å². The Morgan fingerprint density at radius 2 is 2.09 bits per heavy atom. The number of nitrogens with zero attached hydrogens (tertiary/aromatic N) is 1. The van der Waals surface area contributed by atoms with Crippen LogP contribution in [-0.2, 0) is 9.53 Å². The predicted octanol–water partition coefficient (Wildman–Crippen LogP) is 0.254. The number of rotatable bonds is 2. The van der Waals surface area contributed by atoms with Gasteiger partial charge in [-0.15, -0.1) is 0 Å². The Labute approximate surface area is 66.3 Å². The van der Waals surface area contributed by atoms with E-state index in [9.17, 15) is 4.79 Å². The largest absolute Gasteiger partial charge is 0.463 e. The number of piperidine rings is 3. The molecule has 3 fully saturated rings. The van der Waals surface area contributed by atoms with Crippen molar-refractivity contribution >= 4 is 6.47 Å². The van der Waals surface area contributed by atoms with E-state index in [-0.39, 0.29) is 6.10 Å². The molecular formula is C8H13NO2. The Bertz CT molecular complexity index is 152. The molecule has 3 heterocycles. The van der Waals surface area contributed by atoms with Gasteiger partial charge in [-0.1, -0.05) is 0 Å². The standard InChI is InChI=1S/C8H13NO2/c10-6-11-8-5-9-3-1-7(8)2-4-9/h6-8H,1-5H2/t8-/m1/s1. The van der Waals surface area contributed by atoms with Gasteiger partial charge in [-0.2, -0.15) is 0 Å². The summed E-state index contributed by atoms with van der Waals surface area (Å²) in [6, 6.07) is 0. The molecule has 3 saturated heterocycles. The zero-order valence-corrected chi connectivity index (χ0v) is 6.53. The highest BCUT2D eigenvalue weighted by atomic mass is 16.5. The lowest BCUT2D eigenvalue weighted by Gasteiger charge is -2.43. The van der Waals surface area contributed by atoms with Crippen molar-refractivity contribution in [3.63, 3.8) is 0 Å². The molecule has 11 heavy (non-hydrogen) atoms. The first-order valence-corrected chi connectivity index (χ1v) is 4.21. The van der Waals surface area contributed by atoms with E-state index in [0.717, 1.165) is 6.54 Å². The van der Waals surface area contributed by atoms with Crippen molar-refractivity contribution in [1.29, 1.82) is 0 Å². The normalized spacial score (nSPS) is 42.0. The molecular weight excluding hydrogens is 142 g/mol. The smallest absolute Gasteiger partial charge is 0.293 e. The minimum absolute atomic E-state index is 0.190. The minimum atomic E-state index is 0.190. The van der Waals surface area contributed by atoms with Crippen molar-refractivity contribution in [1.82, 2.24) is 4.90 Å². The van der Waals surface area contributed by atoms with E-state index in [2.05, 4.69) is 4.90 Å². The van der Waals surface area contributed by atoms with Crippen molar-refractivity contribution in [2.24, 2.45) is 5.92 Å². The van der Waals surface area contributed by atoms with Crippen LogP contribution in [0.2, 0.25) is 0 Å². The lowest BCUT2D eigenvalue weighted by Crippen LogP contribution is -2.51. The molecule has 1 atom stereocenters. The molecule has 0 saturated carbocycles. The van der Waals surface area contributed by atoms with Gasteiger partial charge in [0.15, 0.2) is 0 Å². The summed E-state index contributed by atoms with van der Waals surface area (Å²) >= 11 is 0. The topological polar surface area (TPSA) is 29.5 Å². The van der Waals surface area contributed by atoms with Gasteiger partial charge < -0.3 is 4.74 Å². The average molecular weight is 155 g/mol. The molecule has 3 rings (SSSR count). The monoisotopic (exact) mass is 155 g/mol. The molecule has 3 aliphatic rings. The van der Waals surface area contributed by atoms with E-state index in [4.69, 9.17) is 4.74 Å². The number of hydrogen-bond donors (Lipinski definition) is 0. The van der Waals surface area contributed by atoms with Crippen LogP contribution in [0.1, 0.15) is 12.8 Å². The number of carbonyl (C=O) groups excluding carboxylic acids is 1. The first-order valence-electron chi connectivity index (χ1n) is 4.21. The van der Waals surface area contributed by atoms with Crippen LogP contribution in [0, 0.1) is 5.92 Å². The number of ether oxygens (including phenoxy) is 1. The van der Waals surface area contributed by atoms with E-state index in [1.54, 1.807) is 0 Å². The van der Waals surface area contributed by atoms with Crippen LogP contribution < -0.4 is 0 Å². The molecule has 62 valence electrons. The molecule has 0 radical (unpaired) electrons. The van der Waals surface area contributed by atoms with Gasteiger partial charge in [0.05, 0.1) is 0 Å². The van der Waals surface area contributed by atoms with E-state index in [1.165, 1.54) is 25.9 Å². The summed E-state index contributed by atoms with van der Waals surface area (Å²) in [7, 11) is 0. The van der Waals surface area contributed by atoms with Gasteiger partial charge in [-0.3, -0.25) is 9.69 Å². The van der Waals surface area contributed by atoms with Gasteiger partial charge in [0.25, 0.3) is 6.47 Å². The van der Waals surface area contributed by atoms with Crippen LogP contribution in [0.4, 0.5) is 0 Å². The third-order valence-corrected chi connectivity index (χ3v) is 2.83. The molecule has 2 bridgehead atoms. The Hall–Kier alpha value is -0.570. The summed E-state index contributed by atoms with van der Waals surface area (Å²) in [4.78, 5) is 12.5. The molecule has 0 aromatic rings. The highest BCUT2D eigenvalue weighted by molar-refractivity contribution is 5.37. The quantitative estimate of drug-likeness (QED) is 0.535. The lowest BCUT2D eigenvalue weighted by atomic mass is 9.86. The summed E-state index contributed by atoms with van der Waals surface area (Å²) in [5.74, 6) is 0.644. The Kier molecular flexibility index (Phi) is 1.82. The van der Waals surface area contributed by atoms with Crippen LogP contribution in [0.15, 0.2) is 0 Å². The number of fused-ring (bicyclic) bond motifs is 3. The van der Waals surface area contributed by atoms with Crippen LogP contribution >= 0.6 is 0 Å². The van der Waals surface area contributed by atoms with Crippen LogP contribution in [0.3, 0.4) is 0 Å². The first-order chi connectivity index (χ1) is 5.40. The van der Waals surface area contributed by atoms with Crippen LogP contribution in [0.5, 0.6) is 0 Å². The highest BCUT2D eigenvalue weighted by Gasteiger charge is 2.34. The fourth-order valence-electron chi connectivity index (χ4n) is 2.14. The molecule has 3 heteroatoms. The second kappa shape index (κ2) is 2.81. The molecule has 0 amide bonds. The van der Waals surface area contributed by atoms with E-state index in [0.29, 0.717) is 12.4 Å². The van der Waals surface area contributed by atoms with Crippen LogP contribution in [0.25, 0.3) is 0 Å². The van der Waals surface area contributed by atoms with Crippen molar-refractivity contribution in [3.8, 4) is 0 Å². The fraction of sp³-hybridized carbons (Fsp3) is 0.875. The summed E-state index contributed by atoms with van der Waals surface area (Å²) in [5, 5.41) is 0. The zero-order chi connectivity index (χ0) is 7.68. The SMILES string of the molecule is O=CO[C@@H]1CN2CCC1CC2. The third kappa shape index (κ3) is 1.25. The van der Waals surface area contributed by atoms with Crippen molar-refractivity contribution < 1.29 is 9.53 Å². The fourth-order valence-corrected chi connectivity index (χ4v) is 2.14. The molecule has 0 unspecified atom stereocenters. The third-order valence-electron chi connectivity index (χ3n) is 2.83. The molecule has 3 nitrogen and oxygen atoms in total.